The van der Waals surface area contributed by atoms with E-state index < -0.39 is 12.1 Å². The minimum atomic E-state index is -0.496. The van der Waals surface area contributed by atoms with Crippen molar-refractivity contribution >= 4 is 29.1 Å². The van der Waals surface area contributed by atoms with E-state index in [1.807, 2.05) is 32.9 Å². The van der Waals surface area contributed by atoms with E-state index >= 15 is 0 Å². The smallest absolute Gasteiger partial charge is 0.250 e. The van der Waals surface area contributed by atoms with Crippen molar-refractivity contribution in [3.05, 3.63) is 28.8 Å². The van der Waals surface area contributed by atoms with Crippen molar-refractivity contribution in [1.82, 2.24) is 5.32 Å². The third-order valence-electron chi connectivity index (χ3n) is 3.69. The molecule has 0 aromatic heterocycles. The zero-order chi connectivity index (χ0) is 14.9. The molecule has 0 radical (unpaired) electrons. The van der Waals surface area contributed by atoms with E-state index in [-0.39, 0.29) is 11.8 Å². The highest BCUT2D eigenvalue weighted by Gasteiger charge is 2.40. The Balaban J connectivity index is 2.54. The monoisotopic (exact) mass is 294 g/mol. The first kappa shape index (κ1) is 14.9. The molecule has 0 saturated carbocycles. The van der Waals surface area contributed by atoms with Crippen molar-refractivity contribution in [1.29, 1.82) is 0 Å². The van der Waals surface area contributed by atoms with Gasteiger partial charge in [-0.25, -0.2) is 0 Å². The number of piperazine rings is 1. The largest absolute Gasteiger partial charge is 0.342 e. The van der Waals surface area contributed by atoms with Crippen LogP contribution in [-0.2, 0) is 9.59 Å². The SMILES string of the molecule is CCC1NC(=O)C(CC)N(c2c(C)cccc2Cl)C1=O. The number of para-hydroxylation sites is 1. The fourth-order valence-corrected chi connectivity index (χ4v) is 2.92. The number of aryl methyl sites for hydroxylation is 1. The first-order valence-corrected chi connectivity index (χ1v) is 7.27. The molecule has 0 aliphatic carbocycles. The Bertz CT molecular complexity index is 524. The number of nitrogens with zero attached hydrogens (tertiary/aromatic N) is 1. The Morgan fingerprint density at radius 2 is 1.95 bits per heavy atom. The molecule has 1 aromatic carbocycles. The molecule has 1 aliphatic heterocycles. The van der Waals surface area contributed by atoms with Gasteiger partial charge in [0.15, 0.2) is 0 Å². The van der Waals surface area contributed by atoms with Crippen LogP contribution in [0, 0.1) is 6.92 Å². The molecule has 1 aromatic rings. The number of hydrogen-bond acceptors (Lipinski definition) is 2. The van der Waals surface area contributed by atoms with E-state index in [9.17, 15) is 9.59 Å². The van der Waals surface area contributed by atoms with Crippen LogP contribution in [0.25, 0.3) is 0 Å². The maximum atomic E-state index is 12.6. The second-order valence-electron chi connectivity index (χ2n) is 5.01. The van der Waals surface area contributed by atoms with Crippen LogP contribution in [0.4, 0.5) is 5.69 Å². The number of carbonyl (C=O) groups excluding carboxylic acids is 2. The molecule has 0 bridgehead atoms. The Hall–Kier alpha value is -1.55. The van der Waals surface area contributed by atoms with Crippen LogP contribution >= 0.6 is 11.6 Å². The van der Waals surface area contributed by atoms with Gasteiger partial charge in [0.2, 0.25) is 11.8 Å². The minimum Gasteiger partial charge on any atom is -0.342 e. The van der Waals surface area contributed by atoms with Gasteiger partial charge in [-0.3, -0.25) is 14.5 Å². The predicted molar refractivity (Wildman–Crippen MR) is 80.0 cm³/mol. The lowest BCUT2D eigenvalue weighted by atomic mass is 10.0. The number of halogens is 1. The molecule has 4 nitrogen and oxygen atoms in total. The standard InChI is InChI=1S/C15H19ClN2O2/c1-4-11-15(20)18(12(5-2)14(19)17-11)13-9(3)7-6-8-10(13)16/h6-8,11-12H,4-5H2,1-3H3,(H,17,19). The Morgan fingerprint density at radius 3 is 2.50 bits per heavy atom. The summed E-state index contributed by atoms with van der Waals surface area (Å²) in [6.45, 7) is 5.67. The normalized spacial score (nSPS) is 22.9. The molecule has 1 fully saturated rings. The summed E-state index contributed by atoms with van der Waals surface area (Å²) in [6, 6.07) is 4.52. The number of amides is 2. The highest BCUT2D eigenvalue weighted by atomic mass is 35.5. The van der Waals surface area contributed by atoms with Crippen LogP contribution in [0.3, 0.4) is 0 Å². The first-order chi connectivity index (χ1) is 9.51. The fraction of sp³-hybridized carbons (Fsp3) is 0.467. The quantitative estimate of drug-likeness (QED) is 0.932. The second-order valence-corrected chi connectivity index (χ2v) is 5.41. The number of rotatable bonds is 3. The van der Waals surface area contributed by atoms with Crippen LogP contribution in [0.1, 0.15) is 32.3 Å². The van der Waals surface area contributed by atoms with E-state index in [0.29, 0.717) is 23.6 Å². The number of anilines is 1. The van der Waals surface area contributed by atoms with Crippen LogP contribution in [0.2, 0.25) is 5.02 Å². The second kappa shape index (κ2) is 5.83. The number of nitrogens with one attached hydrogen (secondary N) is 1. The molecule has 1 saturated heterocycles. The van der Waals surface area contributed by atoms with Gasteiger partial charge in [-0.05, 0) is 31.4 Å². The van der Waals surface area contributed by atoms with Crippen LogP contribution in [0.5, 0.6) is 0 Å². The molecule has 20 heavy (non-hydrogen) atoms. The molecule has 2 rings (SSSR count). The lowest BCUT2D eigenvalue weighted by Crippen LogP contribution is -2.63. The zero-order valence-corrected chi connectivity index (χ0v) is 12.7. The van der Waals surface area contributed by atoms with Gasteiger partial charge in [0.25, 0.3) is 0 Å². The first-order valence-electron chi connectivity index (χ1n) is 6.89. The van der Waals surface area contributed by atoms with Crippen LogP contribution < -0.4 is 10.2 Å². The lowest BCUT2D eigenvalue weighted by molar-refractivity contribution is -0.134. The molecule has 5 heteroatoms. The summed E-state index contributed by atoms with van der Waals surface area (Å²) in [4.78, 5) is 26.4. The number of carbonyl (C=O) groups is 2. The van der Waals surface area contributed by atoms with Crippen molar-refractivity contribution < 1.29 is 9.59 Å². The average Bonchev–Trinajstić information content (AvgIpc) is 2.42. The maximum Gasteiger partial charge on any atom is 0.250 e. The summed E-state index contributed by atoms with van der Waals surface area (Å²) in [7, 11) is 0. The van der Waals surface area contributed by atoms with Gasteiger partial charge in [-0.2, -0.15) is 0 Å². The fourth-order valence-electron chi connectivity index (χ4n) is 2.61. The molecule has 1 N–H and O–H groups in total. The van der Waals surface area contributed by atoms with Crippen molar-refractivity contribution in [2.24, 2.45) is 0 Å². The Morgan fingerprint density at radius 1 is 1.25 bits per heavy atom. The van der Waals surface area contributed by atoms with Crippen LogP contribution in [0.15, 0.2) is 18.2 Å². The van der Waals surface area contributed by atoms with Gasteiger partial charge in [0, 0.05) is 0 Å². The summed E-state index contributed by atoms with van der Waals surface area (Å²) in [5.74, 6) is -0.201. The van der Waals surface area contributed by atoms with Gasteiger partial charge >= 0.3 is 0 Å². The highest BCUT2D eigenvalue weighted by Crippen LogP contribution is 2.33. The van der Waals surface area contributed by atoms with Gasteiger partial charge in [-0.15, -0.1) is 0 Å². The molecule has 2 amide bonds. The van der Waals surface area contributed by atoms with E-state index in [1.54, 1.807) is 11.0 Å². The van der Waals surface area contributed by atoms with E-state index in [1.165, 1.54) is 0 Å². The maximum absolute atomic E-state index is 12.6. The molecule has 108 valence electrons. The summed E-state index contributed by atoms with van der Waals surface area (Å²) < 4.78 is 0. The predicted octanol–water partition coefficient (Wildman–Crippen LogP) is 2.67. The van der Waals surface area contributed by atoms with E-state index in [4.69, 9.17) is 11.6 Å². The van der Waals surface area contributed by atoms with Crippen molar-refractivity contribution in [3.63, 3.8) is 0 Å². The molecule has 1 heterocycles. The minimum absolute atomic E-state index is 0.0878. The van der Waals surface area contributed by atoms with Crippen molar-refractivity contribution in [3.8, 4) is 0 Å². The summed E-state index contributed by atoms with van der Waals surface area (Å²) in [6.07, 6.45) is 1.12. The van der Waals surface area contributed by atoms with Gasteiger partial charge in [-0.1, -0.05) is 37.6 Å². The molecule has 1 aliphatic rings. The van der Waals surface area contributed by atoms with Crippen LogP contribution in [-0.4, -0.2) is 23.9 Å². The molecular weight excluding hydrogens is 276 g/mol. The number of benzene rings is 1. The molecular formula is C15H19ClN2O2. The third-order valence-corrected chi connectivity index (χ3v) is 4.00. The summed E-state index contributed by atoms with van der Waals surface area (Å²) in [5, 5.41) is 3.28. The highest BCUT2D eigenvalue weighted by molar-refractivity contribution is 6.34. The van der Waals surface area contributed by atoms with Gasteiger partial charge < -0.3 is 5.32 Å². The molecule has 2 atom stereocenters. The lowest BCUT2D eigenvalue weighted by Gasteiger charge is -2.39. The van der Waals surface area contributed by atoms with Crippen molar-refractivity contribution in [2.75, 3.05) is 4.90 Å². The topological polar surface area (TPSA) is 49.4 Å². The zero-order valence-electron chi connectivity index (χ0n) is 11.9. The Labute approximate surface area is 124 Å². The summed E-state index contributed by atoms with van der Waals surface area (Å²) >= 11 is 6.26. The molecule has 2 unspecified atom stereocenters. The third kappa shape index (κ3) is 2.40. The van der Waals surface area contributed by atoms with Gasteiger partial charge in [0.05, 0.1) is 10.7 Å². The van der Waals surface area contributed by atoms with Gasteiger partial charge in [0.1, 0.15) is 12.1 Å². The average molecular weight is 295 g/mol. The van der Waals surface area contributed by atoms with E-state index in [2.05, 4.69) is 5.32 Å². The number of hydrogen-bond donors (Lipinski definition) is 1. The molecule has 0 spiro atoms. The van der Waals surface area contributed by atoms with Crippen molar-refractivity contribution in [2.45, 2.75) is 45.7 Å². The summed E-state index contributed by atoms with van der Waals surface area (Å²) in [5.41, 5.74) is 1.55. The Kier molecular flexibility index (Phi) is 4.33. The van der Waals surface area contributed by atoms with E-state index in [0.717, 1.165) is 5.56 Å².